The first-order valence-electron chi connectivity index (χ1n) is 8.25. The van der Waals surface area contributed by atoms with Gasteiger partial charge in [-0.3, -0.25) is 4.79 Å². The third kappa shape index (κ3) is 5.43. The van der Waals surface area contributed by atoms with E-state index in [-0.39, 0.29) is 5.12 Å². The molecule has 1 aromatic rings. The monoisotopic (exact) mass is 331 g/mol. The Balaban J connectivity index is 1.81. The van der Waals surface area contributed by atoms with E-state index in [1.165, 1.54) is 37.4 Å². The van der Waals surface area contributed by atoms with Crippen LogP contribution in [0.2, 0.25) is 0 Å². The van der Waals surface area contributed by atoms with Gasteiger partial charge in [0, 0.05) is 12.0 Å². The summed E-state index contributed by atoms with van der Waals surface area (Å²) < 4.78 is 0. The number of carbonyl (C=O) groups is 1. The van der Waals surface area contributed by atoms with E-state index in [1.54, 1.807) is 5.01 Å². The molecule has 0 amide bonds. The number of benzene rings is 1. The van der Waals surface area contributed by atoms with Crippen molar-refractivity contribution in [2.75, 3.05) is 10.8 Å². The van der Waals surface area contributed by atoms with Gasteiger partial charge in [-0.05, 0) is 24.6 Å². The number of carbonyl (C=O) groups excluding carboxylic acids is 1. The Morgan fingerprint density at radius 2 is 1.96 bits per heavy atom. The first-order valence-corrected chi connectivity index (χ1v) is 9.24. The number of hydrogen-bond donors (Lipinski definition) is 1. The smallest absolute Gasteiger partial charge is 0.203 e. The summed E-state index contributed by atoms with van der Waals surface area (Å²) in [6.45, 7) is 2.20. The van der Waals surface area contributed by atoms with E-state index in [1.807, 2.05) is 42.6 Å². The van der Waals surface area contributed by atoms with Crippen LogP contribution < -0.4 is 10.7 Å². The molecule has 0 saturated carbocycles. The average Bonchev–Trinajstić information content (AvgIpc) is 2.58. The molecule has 4 nitrogen and oxygen atoms in total. The number of thioether (sulfide) groups is 1. The molecule has 1 unspecified atom stereocenters. The van der Waals surface area contributed by atoms with Gasteiger partial charge in [-0.1, -0.05) is 62.6 Å². The third-order valence-corrected chi connectivity index (χ3v) is 4.76. The minimum atomic E-state index is -0.407. The molecule has 0 radical (unpaired) electrons. The Morgan fingerprint density at radius 3 is 2.65 bits per heavy atom. The van der Waals surface area contributed by atoms with E-state index in [9.17, 15) is 4.79 Å². The topological polar surface area (TPSA) is 58.7 Å². The maximum Gasteiger partial charge on any atom is 0.203 e. The Hall–Kier alpha value is -1.75. The zero-order valence-corrected chi connectivity index (χ0v) is 14.5. The highest BCUT2D eigenvalue weighted by molar-refractivity contribution is 8.13. The van der Waals surface area contributed by atoms with Gasteiger partial charge >= 0.3 is 0 Å². The van der Waals surface area contributed by atoms with Gasteiger partial charge in [0.15, 0.2) is 0 Å². The molecular weight excluding hydrogens is 306 g/mol. The predicted octanol–water partition coefficient (Wildman–Crippen LogP) is 4.14. The number of hydrazone groups is 1. The zero-order valence-electron chi connectivity index (χ0n) is 13.6. The molecular formula is C18H25N3OS. The molecule has 0 spiro atoms. The van der Waals surface area contributed by atoms with Crippen LogP contribution in [0.4, 0.5) is 5.69 Å². The fourth-order valence-electron chi connectivity index (χ4n) is 2.38. The lowest BCUT2D eigenvalue weighted by molar-refractivity contribution is -0.111. The Bertz CT molecular complexity index is 557. The lowest BCUT2D eigenvalue weighted by Crippen LogP contribution is -2.33. The molecule has 1 atom stereocenters. The van der Waals surface area contributed by atoms with Gasteiger partial charge in [-0.15, -0.1) is 0 Å². The number of amidine groups is 1. The summed E-state index contributed by atoms with van der Waals surface area (Å²) in [5, 5.41) is 6.12. The van der Waals surface area contributed by atoms with E-state index in [2.05, 4.69) is 12.0 Å². The van der Waals surface area contributed by atoms with Crippen LogP contribution in [0.25, 0.3) is 0 Å². The second-order valence-electron chi connectivity index (χ2n) is 5.61. The molecule has 2 rings (SSSR count). The van der Waals surface area contributed by atoms with Gasteiger partial charge in [-0.2, -0.15) is 5.10 Å². The molecule has 0 bridgehead atoms. The number of unbranched alkanes of at least 4 members (excludes halogenated alkanes) is 4. The van der Waals surface area contributed by atoms with Gasteiger partial charge in [-0.25, -0.2) is 5.01 Å². The van der Waals surface area contributed by atoms with Crippen LogP contribution in [0.5, 0.6) is 0 Å². The third-order valence-electron chi connectivity index (χ3n) is 3.73. The van der Waals surface area contributed by atoms with Crippen molar-refractivity contribution in [3.63, 3.8) is 0 Å². The van der Waals surface area contributed by atoms with Gasteiger partial charge in [0.05, 0.1) is 5.69 Å². The predicted molar refractivity (Wildman–Crippen MR) is 99.4 cm³/mol. The Labute approximate surface area is 142 Å². The number of rotatable bonds is 8. The summed E-state index contributed by atoms with van der Waals surface area (Å²) in [4.78, 5) is 12.3. The van der Waals surface area contributed by atoms with E-state index in [0.29, 0.717) is 5.84 Å². The summed E-state index contributed by atoms with van der Waals surface area (Å²) in [6, 6.07) is 9.75. The Morgan fingerprint density at radius 1 is 1.22 bits per heavy atom. The summed E-state index contributed by atoms with van der Waals surface area (Å²) in [5.74, 6) is 0.818. The first-order chi connectivity index (χ1) is 11.2. The lowest BCUT2D eigenvalue weighted by atomic mass is 10.1. The maximum atomic E-state index is 12.3. The Kier molecular flexibility index (Phi) is 7.20. The molecule has 23 heavy (non-hydrogen) atoms. The molecule has 1 aliphatic rings. The van der Waals surface area contributed by atoms with E-state index in [4.69, 9.17) is 5.73 Å². The molecule has 5 heteroatoms. The second-order valence-corrected chi connectivity index (χ2v) is 6.71. The second kappa shape index (κ2) is 9.40. The van der Waals surface area contributed by atoms with Crippen LogP contribution in [-0.4, -0.2) is 16.7 Å². The minimum Gasteiger partial charge on any atom is -0.385 e. The summed E-state index contributed by atoms with van der Waals surface area (Å²) in [7, 11) is 0. The van der Waals surface area contributed by atoms with Crippen molar-refractivity contribution in [2.45, 2.75) is 39.0 Å². The number of anilines is 1. The highest BCUT2D eigenvalue weighted by Gasteiger charge is 2.24. The first kappa shape index (κ1) is 17.6. The fourth-order valence-corrected chi connectivity index (χ4v) is 3.31. The average molecular weight is 331 g/mol. The van der Waals surface area contributed by atoms with E-state index < -0.39 is 5.92 Å². The molecule has 1 aromatic carbocycles. The van der Waals surface area contributed by atoms with Crippen molar-refractivity contribution in [2.24, 2.45) is 16.8 Å². The summed E-state index contributed by atoms with van der Waals surface area (Å²) >= 11 is 1.37. The molecule has 1 heterocycles. The molecule has 0 aromatic heterocycles. The number of nitrogens with two attached hydrogens (primary N) is 1. The van der Waals surface area contributed by atoms with Gasteiger partial charge in [0.1, 0.15) is 11.8 Å². The molecule has 0 saturated heterocycles. The quantitative estimate of drug-likeness (QED) is 0.727. The number of para-hydroxylation sites is 1. The van der Waals surface area contributed by atoms with Crippen molar-refractivity contribution in [3.8, 4) is 0 Å². The molecule has 1 aliphatic heterocycles. The minimum absolute atomic E-state index is 0.0886. The maximum absolute atomic E-state index is 12.3. The van der Waals surface area contributed by atoms with E-state index in [0.717, 1.165) is 17.9 Å². The van der Waals surface area contributed by atoms with Crippen LogP contribution in [0.3, 0.4) is 0 Å². The van der Waals surface area contributed by atoms with Crippen molar-refractivity contribution in [1.29, 1.82) is 0 Å². The van der Waals surface area contributed by atoms with Gasteiger partial charge < -0.3 is 5.73 Å². The normalized spacial score (nSPS) is 17.2. The van der Waals surface area contributed by atoms with Crippen molar-refractivity contribution < 1.29 is 4.79 Å². The van der Waals surface area contributed by atoms with Crippen LogP contribution in [0, 0.1) is 5.92 Å². The molecule has 124 valence electrons. The van der Waals surface area contributed by atoms with Crippen molar-refractivity contribution in [1.82, 2.24) is 0 Å². The van der Waals surface area contributed by atoms with Crippen molar-refractivity contribution >= 4 is 28.4 Å². The fraction of sp³-hybridized carbons (Fsp3) is 0.444. The van der Waals surface area contributed by atoms with Gasteiger partial charge in [0.2, 0.25) is 5.12 Å². The van der Waals surface area contributed by atoms with Crippen LogP contribution in [0.1, 0.15) is 39.0 Å². The number of hydrogen-bond acceptors (Lipinski definition) is 5. The number of nitrogens with zero attached hydrogens (tertiary/aromatic N) is 2. The molecule has 0 fully saturated rings. The van der Waals surface area contributed by atoms with Crippen molar-refractivity contribution in [3.05, 3.63) is 42.6 Å². The highest BCUT2D eigenvalue weighted by atomic mass is 32.2. The lowest BCUT2D eigenvalue weighted by Gasteiger charge is -2.22. The summed E-state index contributed by atoms with van der Waals surface area (Å²) in [5.41, 5.74) is 6.93. The SMILES string of the molecule is CCCCCCCSC(=O)C1C=CN(c2ccccc2)N=C1N. The van der Waals surface area contributed by atoms with Crippen LogP contribution in [0.15, 0.2) is 47.7 Å². The largest absolute Gasteiger partial charge is 0.385 e. The standard InChI is InChI=1S/C18H25N3OS/c1-2-3-4-5-9-14-23-18(22)16-12-13-21(20-17(16)19)15-10-7-6-8-11-15/h6-8,10-13,16H,2-5,9,14H2,1H3,(H2,19,20). The highest BCUT2D eigenvalue weighted by Crippen LogP contribution is 2.22. The zero-order chi connectivity index (χ0) is 16.5. The van der Waals surface area contributed by atoms with Crippen LogP contribution in [-0.2, 0) is 4.79 Å². The van der Waals surface area contributed by atoms with Gasteiger partial charge in [0.25, 0.3) is 0 Å². The van der Waals surface area contributed by atoms with E-state index >= 15 is 0 Å². The molecule has 0 aliphatic carbocycles. The molecule has 2 N–H and O–H groups in total. The van der Waals surface area contributed by atoms with Crippen LogP contribution >= 0.6 is 11.8 Å². The summed E-state index contributed by atoms with van der Waals surface area (Å²) in [6.07, 6.45) is 9.70.